The van der Waals surface area contributed by atoms with Crippen molar-refractivity contribution in [2.45, 2.75) is 6.92 Å². The van der Waals surface area contributed by atoms with E-state index in [9.17, 15) is 0 Å². The van der Waals surface area contributed by atoms with Crippen molar-refractivity contribution in [1.82, 2.24) is 15.2 Å². The van der Waals surface area contributed by atoms with Crippen LogP contribution in [0.25, 0.3) is 11.4 Å². The summed E-state index contributed by atoms with van der Waals surface area (Å²) in [5.41, 5.74) is 3.84. The van der Waals surface area contributed by atoms with Gasteiger partial charge in [-0.3, -0.25) is 5.10 Å². The second-order valence-corrected chi connectivity index (χ2v) is 3.29. The number of aryl methyl sites for hydroxylation is 1. The van der Waals surface area contributed by atoms with Crippen molar-refractivity contribution in [1.29, 1.82) is 0 Å². The van der Waals surface area contributed by atoms with Crippen molar-refractivity contribution in [2.75, 3.05) is 0 Å². The van der Waals surface area contributed by atoms with Crippen LogP contribution >= 0.6 is 11.3 Å². The monoisotopic (exact) mass is 165 g/mol. The average molecular weight is 165 g/mol. The van der Waals surface area contributed by atoms with Gasteiger partial charge in [0.05, 0.1) is 11.2 Å². The Kier molecular flexibility index (Phi) is 1.47. The quantitative estimate of drug-likeness (QED) is 0.700. The second kappa shape index (κ2) is 2.47. The van der Waals surface area contributed by atoms with Gasteiger partial charge in [0.1, 0.15) is 5.69 Å². The lowest BCUT2D eigenvalue weighted by Gasteiger charge is -1.90. The van der Waals surface area contributed by atoms with E-state index in [1.165, 1.54) is 4.88 Å². The lowest BCUT2D eigenvalue weighted by atomic mass is 10.3. The highest BCUT2D eigenvalue weighted by Gasteiger charge is 2.04. The number of aromatic nitrogens is 3. The molecule has 0 aliphatic heterocycles. The smallest absolute Gasteiger partial charge is 0.102 e. The van der Waals surface area contributed by atoms with E-state index >= 15 is 0 Å². The molecule has 0 unspecified atom stereocenters. The maximum Gasteiger partial charge on any atom is 0.102 e. The Morgan fingerprint density at radius 3 is 3.00 bits per heavy atom. The van der Waals surface area contributed by atoms with Gasteiger partial charge in [-0.2, -0.15) is 5.10 Å². The number of nitrogens with one attached hydrogen (secondary N) is 1. The summed E-state index contributed by atoms with van der Waals surface area (Å²) < 4.78 is 0. The van der Waals surface area contributed by atoms with Gasteiger partial charge in [-0.15, -0.1) is 11.3 Å². The molecule has 2 aromatic heterocycles. The maximum absolute atomic E-state index is 4.21. The van der Waals surface area contributed by atoms with Crippen LogP contribution in [-0.4, -0.2) is 15.2 Å². The molecule has 0 saturated heterocycles. The highest BCUT2D eigenvalue weighted by Crippen LogP contribution is 2.21. The van der Waals surface area contributed by atoms with Crippen LogP contribution in [0.3, 0.4) is 0 Å². The van der Waals surface area contributed by atoms with E-state index in [1.807, 2.05) is 18.5 Å². The number of aromatic amines is 1. The number of rotatable bonds is 1. The summed E-state index contributed by atoms with van der Waals surface area (Å²) in [6.07, 6.45) is 1.73. The van der Waals surface area contributed by atoms with E-state index in [-0.39, 0.29) is 0 Å². The van der Waals surface area contributed by atoms with Crippen LogP contribution in [0.4, 0.5) is 0 Å². The van der Waals surface area contributed by atoms with Crippen LogP contribution in [0.15, 0.2) is 17.8 Å². The van der Waals surface area contributed by atoms with Gasteiger partial charge in [0.25, 0.3) is 0 Å². The molecule has 2 heterocycles. The van der Waals surface area contributed by atoms with Gasteiger partial charge in [0.15, 0.2) is 0 Å². The summed E-state index contributed by atoms with van der Waals surface area (Å²) in [6.45, 7) is 2.05. The Labute approximate surface area is 68.1 Å². The first-order chi connectivity index (χ1) is 5.38. The molecule has 2 rings (SSSR count). The van der Waals surface area contributed by atoms with Crippen molar-refractivity contribution in [3.63, 3.8) is 0 Å². The van der Waals surface area contributed by atoms with Gasteiger partial charge in [0.2, 0.25) is 0 Å². The SMILES string of the molecule is Cc1scnc1-c1ccn[nH]1. The molecule has 0 aliphatic carbocycles. The molecule has 0 aromatic carbocycles. The molecule has 0 aliphatic rings. The molecule has 56 valence electrons. The van der Waals surface area contributed by atoms with Gasteiger partial charge < -0.3 is 0 Å². The lowest BCUT2D eigenvalue weighted by molar-refractivity contribution is 1.09. The number of nitrogens with zero attached hydrogens (tertiary/aromatic N) is 2. The van der Waals surface area contributed by atoms with E-state index in [1.54, 1.807) is 17.5 Å². The van der Waals surface area contributed by atoms with Crippen LogP contribution in [0, 0.1) is 6.92 Å². The van der Waals surface area contributed by atoms with E-state index < -0.39 is 0 Å². The van der Waals surface area contributed by atoms with Crippen LogP contribution in [0.1, 0.15) is 4.88 Å². The Hall–Kier alpha value is -1.16. The lowest BCUT2D eigenvalue weighted by Crippen LogP contribution is -1.79. The van der Waals surface area contributed by atoms with E-state index in [0.717, 1.165) is 11.4 Å². The fraction of sp³-hybridized carbons (Fsp3) is 0.143. The van der Waals surface area contributed by atoms with Crippen molar-refractivity contribution in [2.24, 2.45) is 0 Å². The highest BCUT2D eigenvalue weighted by molar-refractivity contribution is 7.10. The third kappa shape index (κ3) is 1.05. The van der Waals surface area contributed by atoms with Gasteiger partial charge in [0, 0.05) is 11.1 Å². The normalized spacial score (nSPS) is 10.3. The minimum Gasteiger partial charge on any atom is -0.276 e. The molecular weight excluding hydrogens is 158 g/mol. The number of H-pyrrole nitrogens is 1. The van der Waals surface area contributed by atoms with Crippen LogP contribution in [-0.2, 0) is 0 Å². The molecule has 0 amide bonds. The van der Waals surface area contributed by atoms with Gasteiger partial charge in [-0.25, -0.2) is 4.98 Å². The zero-order chi connectivity index (χ0) is 7.68. The van der Waals surface area contributed by atoms with Crippen molar-refractivity contribution in [3.8, 4) is 11.4 Å². The molecule has 2 aromatic rings. The van der Waals surface area contributed by atoms with Crippen molar-refractivity contribution >= 4 is 11.3 Å². The summed E-state index contributed by atoms with van der Waals surface area (Å²) in [7, 11) is 0. The second-order valence-electron chi connectivity index (χ2n) is 2.23. The van der Waals surface area contributed by atoms with Gasteiger partial charge >= 0.3 is 0 Å². The molecule has 0 bridgehead atoms. The Morgan fingerprint density at radius 1 is 1.55 bits per heavy atom. The summed E-state index contributed by atoms with van der Waals surface area (Å²) >= 11 is 1.64. The van der Waals surface area contributed by atoms with Crippen molar-refractivity contribution in [3.05, 3.63) is 22.7 Å². The van der Waals surface area contributed by atoms with Gasteiger partial charge in [-0.1, -0.05) is 0 Å². The minimum atomic E-state index is 0.990. The third-order valence-electron chi connectivity index (χ3n) is 1.50. The van der Waals surface area contributed by atoms with Crippen molar-refractivity contribution < 1.29 is 0 Å². The fourth-order valence-corrected chi connectivity index (χ4v) is 1.54. The molecule has 11 heavy (non-hydrogen) atoms. The summed E-state index contributed by atoms with van der Waals surface area (Å²) in [6, 6.07) is 1.92. The maximum atomic E-state index is 4.21. The van der Waals surface area contributed by atoms with E-state index in [2.05, 4.69) is 15.2 Å². The van der Waals surface area contributed by atoms with Crippen LogP contribution in [0.5, 0.6) is 0 Å². The Bertz CT molecular complexity index is 336. The molecule has 3 nitrogen and oxygen atoms in total. The predicted octanol–water partition coefficient (Wildman–Crippen LogP) is 1.84. The predicted molar refractivity (Wildman–Crippen MR) is 44.4 cm³/mol. The Morgan fingerprint density at radius 2 is 2.45 bits per heavy atom. The van der Waals surface area contributed by atoms with Crippen LogP contribution in [0.2, 0.25) is 0 Å². The molecule has 4 heteroatoms. The van der Waals surface area contributed by atoms with Gasteiger partial charge in [-0.05, 0) is 13.0 Å². The minimum absolute atomic E-state index is 0.990. The number of hydrogen-bond acceptors (Lipinski definition) is 3. The zero-order valence-electron chi connectivity index (χ0n) is 6.03. The standard InChI is InChI=1S/C7H7N3S/c1-5-7(8-4-11-5)6-2-3-9-10-6/h2-4H,1H3,(H,9,10). The summed E-state index contributed by atoms with van der Waals surface area (Å²) in [5.74, 6) is 0. The molecule has 0 fully saturated rings. The molecule has 1 N–H and O–H groups in total. The first-order valence-corrected chi connectivity index (χ1v) is 4.16. The number of thiazole rings is 1. The van der Waals surface area contributed by atoms with E-state index in [4.69, 9.17) is 0 Å². The fourth-order valence-electron chi connectivity index (χ4n) is 0.952. The third-order valence-corrected chi connectivity index (χ3v) is 2.26. The summed E-state index contributed by atoms with van der Waals surface area (Å²) in [4.78, 5) is 5.42. The molecule has 0 radical (unpaired) electrons. The number of hydrogen-bond donors (Lipinski definition) is 1. The first-order valence-electron chi connectivity index (χ1n) is 3.28. The Balaban J connectivity index is 2.53. The molecule has 0 spiro atoms. The first kappa shape index (κ1) is 6.54. The molecule has 0 saturated carbocycles. The molecular formula is C7H7N3S. The molecule has 0 atom stereocenters. The largest absolute Gasteiger partial charge is 0.276 e. The van der Waals surface area contributed by atoms with Crippen LogP contribution < -0.4 is 0 Å². The van der Waals surface area contributed by atoms with E-state index in [0.29, 0.717) is 0 Å². The zero-order valence-corrected chi connectivity index (χ0v) is 6.85. The highest BCUT2D eigenvalue weighted by atomic mass is 32.1. The topological polar surface area (TPSA) is 41.6 Å². The summed E-state index contributed by atoms with van der Waals surface area (Å²) in [5, 5.41) is 6.73. The average Bonchev–Trinajstić information content (AvgIpc) is 2.55.